The molecule has 0 aromatic heterocycles. The van der Waals surface area contributed by atoms with E-state index in [1.54, 1.807) is 30.3 Å². The van der Waals surface area contributed by atoms with Crippen LogP contribution in [-0.2, 0) is 9.53 Å². The lowest BCUT2D eigenvalue weighted by Crippen LogP contribution is -2.00. The van der Waals surface area contributed by atoms with Crippen LogP contribution in [0.1, 0.15) is 40.3 Å². The van der Waals surface area contributed by atoms with Crippen molar-refractivity contribution in [1.29, 1.82) is 0 Å². The maximum absolute atomic E-state index is 11.4. The van der Waals surface area contributed by atoms with E-state index in [2.05, 4.69) is 0 Å². The Hall–Kier alpha value is -2.92. The lowest BCUT2D eigenvalue weighted by Gasteiger charge is -2.02. The van der Waals surface area contributed by atoms with Gasteiger partial charge in [0.1, 0.15) is 5.75 Å². The molecule has 0 saturated carbocycles. The van der Waals surface area contributed by atoms with Crippen LogP contribution in [0.3, 0.4) is 0 Å². The Morgan fingerprint density at radius 1 is 1.13 bits per heavy atom. The lowest BCUT2D eigenvalue weighted by molar-refractivity contribution is -0.131. The summed E-state index contributed by atoms with van der Waals surface area (Å²) in [5, 5.41) is 9.66. The van der Waals surface area contributed by atoms with Crippen LogP contribution in [-0.4, -0.2) is 17.0 Å². The molecule has 0 aliphatic carbocycles. The molecule has 23 heavy (non-hydrogen) atoms. The molecule has 0 bridgehead atoms. The van der Waals surface area contributed by atoms with Crippen molar-refractivity contribution >= 4 is 24.1 Å². The van der Waals surface area contributed by atoms with Gasteiger partial charge in [0.25, 0.3) is 0 Å². The fraction of sp³-hybridized carbons (Fsp3) is 0.111. The van der Waals surface area contributed by atoms with Crippen LogP contribution in [0.25, 0.3) is 12.2 Å². The molecule has 0 saturated heterocycles. The zero-order valence-corrected chi connectivity index (χ0v) is 12.4. The van der Waals surface area contributed by atoms with Gasteiger partial charge in [-0.25, -0.2) is 4.79 Å². The predicted molar refractivity (Wildman–Crippen MR) is 83.5 cm³/mol. The van der Waals surface area contributed by atoms with Crippen LogP contribution in [0, 0.1) is 0 Å². The molecule has 5 heteroatoms. The summed E-state index contributed by atoms with van der Waals surface area (Å²) in [6.45, 7) is 1.35. The summed E-state index contributed by atoms with van der Waals surface area (Å²) in [7, 11) is 0. The fourth-order valence-corrected chi connectivity index (χ4v) is 2.31. The number of ether oxygens (including phenoxy) is 2. The van der Waals surface area contributed by atoms with E-state index in [0.717, 1.165) is 11.1 Å². The predicted octanol–water partition coefficient (Wildman–Crippen LogP) is 2.94. The third-order valence-corrected chi connectivity index (χ3v) is 3.39. The average Bonchev–Trinajstić information content (AvgIpc) is 2.80. The van der Waals surface area contributed by atoms with Gasteiger partial charge in [0.05, 0.1) is 5.56 Å². The summed E-state index contributed by atoms with van der Waals surface area (Å²) < 4.78 is 9.71. The largest absolute Gasteiger partial charge is 0.428 e. The number of carbonyl (C=O) groups excluding carboxylic acids is 2. The first-order chi connectivity index (χ1) is 11.0. The minimum absolute atomic E-state index is 0.359. The molecule has 0 spiro atoms. The van der Waals surface area contributed by atoms with E-state index in [0.29, 0.717) is 16.9 Å². The summed E-state index contributed by atoms with van der Waals surface area (Å²) in [6, 6.07) is 12.2. The normalized spacial score (nSPS) is 16.3. The molecule has 1 aliphatic rings. The van der Waals surface area contributed by atoms with E-state index in [1.807, 2.05) is 24.3 Å². The summed E-state index contributed by atoms with van der Waals surface area (Å²) in [5.74, 6) is -0.378. The van der Waals surface area contributed by atoms with Crippen molar-refractivity contribution < 1.29 is 24.2 Å². The molecule has 1 N–H and O–H groups in total. The molecular weight excluding hydrogens is 296 g/mol. The number of cyclic esters (lactones) is 1. The van der Waals surface area contributed by atoms with Crippen LogP contribution >= 0.6 is 0 Å². The number of rotatable bonds is 3. The summed E-state index contributed by atoms with van der Waals surface area (Å²) >= 11 is 0. The van der Waals surface area contributed by atoms with E-state index in [1.165, 1.54) is 6.92 Å². The van der Waals surface area contributed by atoms with E-state index in [9.17, 15) is 14.7 Å². The van der Waals surface area contributed by atoms with Gasteiger partial charge in [0.2, 0.25) is 6.29 Å². The number of fused-ring (bicyclic) bond motifs is 1. The second-order valence-corrected chi connectivity index (χ2v) is 5.10. The average molecular weight is 310 g/mol. The van der Waals surface area contributed by atoms with Crippen molar-refractivity contribution in [1.82, 2.24) is 0 Å². The van der Waals surface area contributed by atoms with Crippen molar-refractivity contribution in [2.24, 2.45) is 0 Å². The molecule has 1 unspecified atom stereocenters. The van der Waals surface area contributed by atoms with Crippen LogP contribution in [0.4, 0.5) is 0 Å². The molecule has 0 radical (unpaired) electrons. The van der Waals surface area contributed by atoms with Gasteiger partial charge in [-0.3, -0.25) is 4.79 Å². The van der Waals surface area contributed by atoms with Gasteiger partial charge in [-0.1, -0.05) is 30.4 Å². The van der Waals surface area contributed by atoms with E-state index >= 15 is 0 Å². The molecule has 0 fully saturated rings. The number of aliphatic hydroxyl groups excluding tert-OH is 1. The standard InChI is InChI=1S/C18H14O5/c1-11(19)22-14-7-4-12(5-8-14)2-3-13-6-9-15-16(10-13)18(21)23-17(15)20/h2-10,18,21H,1H3/b3-2+. The highest BCUT2D eigenvalue weighted by molar-refractivity contribution is 5.94. The number of hydrogen-bond donors (Lipinski definition) is 1. The van der Waals surface area contributed by atoms with E-state index in [4.69, 9.17) is 9.47 Å². The topological polar surface area (TPSA) is 72.8 Å². The summed E-state index contributed by atoms with van der Waals surface area (Å²) in [4.78, 5) is 22.3. The second kappa shape index (κ2) is 6.06. The molecule has 3 rings (SSSR count). The monoisotopic (exact) mass is 310 g/mol. The third-order valence-electron chi connectivity index (χ3n) is 3.39. The highest BCUT2D eigenvalue weighted by Gasteiger charge is 2.29. The minimum Gasteiger partial charge on any atom is -0.428 e. The molecule has 1 heterocycles. The summed E-state index contributed by atoms with van der Waals surface area (Å²) in [6.07, 6.45) is 2.54. The second-order valence-electron chi connectivity index (χ2n) is 5.10. The number of esters is 2. The molecular formula is C18H14O5. The molecule has 5 nitrogen and oxygen atoms in total. The molecule has 1 atom stereocenters. The van der Waals surface area contributed by atoms with Crippen LogP contribution in [0.5, 0.6) is 5.75 Å². The van der Waals surface area contributed by atoms with Crippen molar-refractivity contribution in [3.8, 4) is 5.75 Å². The highest BCUT2D eigenvalue weighted by Crippen LogP contribution is 2.29. The first-order valence-electron chi connectivity index (χ1n) is 7.02. The van der Waals surface area contributed by atoms with Gasteiger partial charge in [-0.2, -0.15) is 0 Å². The van der Waals surface area contributed by atoms with Gasteiger partial charge in [0.15, 0.2) is 0 Å². The van der Waals surface area contributed by atoms with Gasteiger partial charge >= 0.3 is 11.9 Å². The SMILES string of the molecule is CC(=O)Oc1ccc(/C=C/c2ccc3c(c2)C(O)OC3=O)cc1. The minimum atomic E-state index is -1.20. The molecule has 2 aromatic carbocycles. The number of carbonyl (C=O) groups is 2. The van der Waals surface area contributed by atoms with Gasteiger partial charge in [-0.15, -0.1) is 0 Å². The Kier molecular flexibility index (Phi) is 3.95. The first-order valence-corrected chi connectivity index (χ1v) is 7.02. The van der Waals surface area contributed by atoms with Crippen LogP contribution in [0.15, 0.2) is 42.5 Å². The first kappa shape index (κ1) is 15.0. The zero-order valence-electron chi connectivity index (χ0n) is 12.4. The highest BCUT2D eigenvalue weighted by atomic mass is 16.6. The Balaban J connectivity index is 1.77. The maximum atomic E-state index is 11.4. The number of aliphatic hydroxyl groups is 1. The van der Waals surface area contributed by atoms with E-state index < -0.39 is 12.3 Å². The molecule has 0 amide bonds. The van der Waals surface area contributed by atoms with Crippen molar-refractivity contribution in [3.63, 3.8) is 0 Å². The fourth-order valence-electron chi connectivity index (χ4n) is 2.31. The van der Waals surface area contributed by atoms with Crippen LogP contribution in [0.2, 0.25) is 0 Å². The quantitative estimate of drug-likeness (QED) is 0.536. The molecule has 1 aliphatic heterocycles. The van der Waals surface area contributed by atoms with Crippen molar-refractivity contribution in [2.45, 2.75) is 13.2 Å². The number of hydrogen-bond acceptors (Lipinski definition) is 5. The zero-order chi connectivity index (χ0) is 16.4. The summed E-state index contributed by atoms with van der Waals surface area (Å²) in [5.41, 5.74) is 2.63. The Bertz CT molecular complexity index is 790. The Morgan fingerprint density at radius 2 is 1.78 bits per heavy atom. The molecule has 116 valence electrons. The Labute approximate surface area is 132 Å². The third kappa shape index (κ3) is 3.30. The smallest absolute Gasteiger partial charge is 0.341 e. The van der Waals surface area contributed by atoms with Gasteiger partial charge in [0, 0.05) is 12.5 Å². The van der Waals surface area contributed by atoms with Gasteiger partial charge in [-0.05, 0) is 35.4 Å². The van der Waals surface area contributed by atoms with Crippen molar-refractivity contribution in [2.75, 3.05) is 0 Å². The molecule has 2 aromatic rings. The van der Waals surface area contributed by atoms with Crippen molar-refractivity contribution in [3.05, 3.63) is 64.7 Å². The van der Waals surface area contributed by atoms with Gasteiger partial charge < -0.3 is 14.6 Å². The van der Waals surface area contributed by atoms with E-state index in [-0.39, 0.29) is 5.97 Å². The van der Waals surface area contributed by atoms with Crippen LogP contribution < -0.4 is 4.74 Å². The maximum Gasteiger partial charge on any atom is 0.341 e. The Morgan fingerprint density at radius 3 is 2.48 bits per heavy atom. The number of benzene rings is 2. The lowest BCUT2D eigenvalue weighted by atomic mass is 10.0.